The Kier molecular flexibility index (Phi) is 8.51. The van der Waals surface area contributed by atoms with E-state index in [4.69, 9.17) is 0 Å². The summed E-state index contributed by atoms with van der Waals surface area (Å²) in [6.45, 7) is 4.91. The van der Waals surface area contributed by atoms with Crippen molar-refractivity contribution in [2.45, 2.75) is 32.7 Å². The van der Waals surface area contributed by atoms with Gasteiger partial charge in [0.15, 0.2) is 0 Å². The monoisotopic (exact) mass is 291 g/mol. The van der Waals surface area contributed by atoms with Gasteiger partial charge in [0.25, 0.3) is 0 Å². The lowest BCUT2D eigenvalue weighted by atomic mass is 9.99. The normalized spacial score (nSPS) is 12.0. The SMILES string of the molecule is CCCC(CCNCc1ccccc1)CN(C)C(=O)NC. The van der Waals surface area contributed by atoms with Gasteiger partial charge < -0.3 is 15.5 Å². The molecule has 0 aliphatic heterocycles. The molecule has 2 N–H and O–H groups in total. The number of rotatable bonds is 9. The fourth-order valence-electron chi connectivity index (χ4n) is 2.53. The Morgan fingerprint density at radius 2 is 1.95 bits per heavy atom. The Labute approximate surface area is 128 Å². The summed E-state index contributed by atoms with van der Waals surface area (Å²) in [5.41, 5.74) is 1.31. The highest BCUT2D eigenvalue weighted by Gasteiger charge is 2.13. The molecule has 0 aromatic heterocycles. The van der Waals surface area contributed by atoms with Crippen molar-refractivity contribution in [2.75, 3.05) is 27.2 Å². The minimum atomic E-state index is -0.00616. The summed E-state index contributed by atoms with van der Waals surface area (Å²) >= 11 is 0. The molecule has 1 atom stereocenters. The van der Waals surface area contributed by atoms with Crippen molar-refractivity contribution in [3.05, 3.63) is 35.9 Å². The molecule has 2 amide bonds. The van der Waals surface area contributed by atoms with Crippen LogP contribution in [0.25, 0.3) is 0 Å². The molecule has 1 aromatic carbocycles. The average Bonchev–Trinajstić information content (AvgIpc) is 2.51. The molecule has 0 heterocycles. The molecule has 0 saturated heterocycles. The van der Waals surface area contributed by atoms with Gasteiger partial charge in [-0.1, -0.05) is 43.7 Å². The Morgan fingerprint density at radius 1 is 1.24 bits per heavy atom. The maximum absolute atomic E-state index is 11.6. The number of nitrogens with zero attached hydrogens (tertiary/aromatic N) is 1. The summed E-state index contributed by atoms with van der Waals surface area (Å²) < 4.78 is 0. The Balaban J connectivity index is 2.29. The summed E-state index contributed by atoms with van der Waals surface area (Å²) in [6.07, 6.45) is 3.42. The minimum Gasteiger partial charge on any atom is -0.341 e. The van der Waals surface area contributed by atoms with E-state index in [0.717, 1.165) is 38.9 Å². The molecule has 4 nitrogen and oxygen atoms in total. The van der Waals surface area contributed by atoms with Crippen LogP contribution < -0.4 is 10.6 Å². The first-order valence-electron chi connectivity index (χ1n) is 7.84. The Morgan fingerprint density at radius 3 is 2.57 bits per heavy atom. The van der Waals surface area contributed by atoms with Crippen LogP contribution in [0.15, 0.2) is 30.3 Å². The van der Waals surface area contributed by atoms with Crippen molar-refractivity contribution in [3.8, 4) is 0 Å². The zero-order valence-electron chi connectivity index (χ0n) is 13.6. The molecule has 0 bridgehead atoms. The number of benzene rings is 1. The first-order valence-corrected chi connectivity index (χ1v) is 7.84. The molecule has 118 valence electrons. The predicted octanol–water partition coefficient (Wildman–Crippen LogP) is 2.85. The zero-order chi connectivity index (χ0) is 15.5. The highest BCUT2D eigenvalue weighted by Crippen LogP contribution is 2.12. The fraction of sp³-hybridized carbons (Fsp3) is 0.588. The summed E-state index contributed by atoms with van der Waals surface area (Å²) in [5.74, 6) is 0.556. The van der Waals surface area contributed by atoms with E-state index in [2.05, 4.69) is 41.8 Å². The molecule has 1 rings (SSSR count). The lowest BCUT2D eigenvalue weighted by Gasteiger charge is -2.24. The first kappa shape index (κ1) is 17.5. The van der Waals surface area contributed by atoms with Crippen LogP contribution in [0.3, 0.4) is 0 Å². The van der Waals surface area contributed by atoms with Gasteiger partial charge in [-0.25, -0.2) is 4.79 Å². The van der Waals surface area contributed by atoms with Gasteiger partial charge in [0.1, 0.15) is 0 Å². The standard InChI is InChI=1S/C17H29N3O/c1-4-8-16(14-20(3)17(21)18-2)11-12-19-13-15-9-6-5-7-10-15/h5-7,9-10,16,19H,4,8,11-14H2,1-3H3,(H,18,21). The van der Waals surface area contributed by atoms with Crippen LogP contribution in [0.5, 0.6) is 0 Å². The van der Waals surface area contributed by atoms with E-state index in [1.807, 2.05) is 13.1 Å². The average molecular weight is 291 g/mol. The molecule has 0 aliphatic carbocycles. The van der Waals surface area contributed by atoms with Crippen LogP contribution in [0.1, 0.15) is 31.7 Å². The van der Waals surface area contributed by atoms with Gasteiger partial charge in [0.2, 0.25) is 0 Å². The topological polar surface area (TPSA) is 44.4 Å². The summed E-state index contributed by atoms with van der Waals surface area (Å²) in [5, 5.41) is 6.16. The third-order valence-corrected chi connectivity index (χ3v) is 3.69. The molecule has 0 saturated carbocycles. The van der Waals surface area contributed by atoms with Gasteiger partial charge in [-0.3, -0.25) is 0 Å². The van der Waals surface area contributed by atoms with Crippen LogP contribution in [-0.4, -0.2) is 38.1 Å². The van der Waals surface area contributed by atoms with E-state index in [1.54, 1.807) is 11.9 Å². The molecule has 0 spiro atoms. The van der Waals surface area contributed by atoms with Gasteiger partial charge >= 0.3 is 6.03 Å². The number of hydrogen-bond donors (Lipinski definition) is 2. The van der Waals surface area contributed by atoms with Crippen LogP contribution in [0.4, 0.5) is 4.79 Å². The highest BCUT2D eigenvalue weighted by atomic mass is 16.2. The second-order valence-electron chi connectivity index (χ2n) is 5.54. The zero-order valence-corrected chi connectivity index (χ0v) is 13.6. The van der Waals surface area contributed by atoms with E-state index in [1.165, 1.54) is 5.56 Å². The maximum atomic E-state index is 11.6. The van der Waals surface area contributed by atoms with Crippen LogP contribution in [0.2, 0.25) is 0 Å². The van der Waals surface area contributed by atoms with Crippen molar-refractivity contribution in [1.82, 2.24) is 15.5 Å². The second-order valence-corrected chi connectivity index (χ2v) is 5.54. The quantitative estimate of drug-likeness (QED) is 0.687. The van der Waals surface area contributed by atoms with Gasteiger partial charge in [-0.15, -0.1) is 0 Å². The maximum Gasteiger partial charge on any atom is 0.316 e. The fourth-order valence-corrected chi connectivity index (χ4v) is 2.53. The number of nitrogens with one attached hydrogen (secondary N) is 2. The number of carbonyl (C=O) groups excluding carboxylic acids is 1. The van der Waals surface area contributed by atoms with Gasteiger partial charge in [-0.2, -0.15) is 0 Å². The van der Waals surface area contributed by atoms with E-state index < -0.39 is 0 Å². The van der Waals surface area contributed by atoms with Gasteiger partial charge in [0.05, 0.1) is 0 Å². The number of carbonyl (C=O) groups is 1. The van der Waals surface area contributed by atoms with Crippen molar-refractivity contribution >= 4 is 6.03 Å². The van der Waals surface area contributed by atoms with E-state index >= 15 is 0 Å². The van der Waals surface area contributed by atoms with E-state index in [0.29, 0.717) is 5.92 Å². The molecule has 0 radical (unpaired) electrons. The van der Waals surface area contributed by atoms with Crippen LogP contribution >= 0.6 is 0 Å². The molecule has 0 fully saturated rings. The first-order chi connectivity index (χ1) is 10.2. The molecular formula is C17H29N3O. The summed E-state index contributed by atoms with van der Waals surface area (Å²) in [6, 6.07) is 10.4. The smallest absolute Gasteiger partial charge is 0.316 e. The third kappa shape index (κ3) is 7.14. The number of urea groups is 1. The summed E-state index contributed by atoms with van der Waals surface area (Å²) in [7, 11) is 3.54. The van der Waals surface area contributed by atoms with Crippen LogP contribution in [0, 0.1) is 5.92 Å². The van der Waals surface area contributed by atoms with E-state index in [-0.39, 0.29) is 6.03 Å². The van der Waals surface area contributed by atoms with Crippen molar-refractivity contribution < 1.29 is 4.79 Å². The predicted molar refractivity (Wildman–Crippen MR) is 88.2 cm³/mol. The molecule has 4 heteroatoms. The molecular weight excluding hydrogens is 262 g/mol. The molecule has 1 aromatic rings. The van der Waals surface area contributed by atoms with Gasteiger partial charge in [0, 0.05) is 27.2 Å². The Hall–Kier alpha value is -1.55. The second kappa shape index (κ2) is 10.2. The van der Waals surface area contributed by atoms with Crippen LogP contribution in [-0.2, 0) is 6.54 Å². The Bertz CT molecular complexity index is 394. The number of hydrogen-bond acceptors (Lipinski definition) is 2. The van der Waals surface area contributed by atoms with Crippen molar-refractivity contribution in [3.63, 3.8) is 0 Å². The largest absolute Gasteiger partial charge is 0.341 e. The number of amides is 2. The third-order valence-electron chi connectivity index (χ3n) is 3.69. The van der Waals surface area contributed by atoms with Crippen molar-refractivity contribution in [1.29, 1.82) is 0 Å². The lowest BCUT2D eigenvalue weighted by Crippen LogP contribution is -2.38. The molecule has 0 aliphatic rings. The summed E-state index contributed by atoms with van der Waals surface area (Å²) in [4.78, 5) is 13.3. The highest BCUT2D eigenvalue weighted by molar-refractivity contribution is 5.73. The van der Waals surface area contributed by atoms with Crippen molar-refractivity contribution in [2.24, 2.45) is 5.92 Å². The molecule has 1 unspecified atom stereocenters. The molecule has 21 heavy (non-hydrogen) atoms. The van der Waals surface area contributed by atoms with E-state index in [9.17, 15) is 4.79 Å². The lowest BCUT2D eigenvalue weighted by molar-refractivity contribution is 0.199. The minimum absolute atomic E-state index is 0.00616. The van der Waals surface area contributed by atoms with Gasteiger partial charge in [-0.05, 0) is 30.9 Å².